The average molecular weight is 356 g/mol. The summed E-state index contributed by atoms with van der Waals surface area (Å²) in [5.41, 5.74) is -0.372. The number of carbonyl (C=O) groups is 1. The molecule has 3 rings (SSSR count). The summed E-state index contributed by atoms with van der Waals surface area (Å²) in [6, 6.07) is 5.48. The van der Waals surface area contributed by atoms with Gasteiger partial charge in [-0.05, 0) is 24.5 Å². The number of nitrogens with zero attached hydrogens (tertiary/aromatic N) is 2. The number of carbonyl (C=O) groups excluding carboxylic acids is 1. The SMILES string of the molecule is CC(=O)N1CCC[C@@]2(CN(Cc3cccc(C(F)(F)F)c3)CCO2)C1. The number of morpholine rings is 1. The Balaban J connectivity index is 1.69. The molecule has 1 amide bonds. The standard InChI is InChI=1S/C18H23F3N2O2/c1-14(24)23-7-3-6-17(13-23)12-22(8-9-25-17)11-15-4-2-5-16(10-15)18(19,20)21/h2,4-5,10H,3,6-9,11-13H2,1H3/t17-/m1/s1. The lowest BCUT2D eigenvalue weighted by Crippen LogP contribution is -2.60. The molecule has 4 nitrogen and oxygen atoms in total. The van der Waals surface area contributed by atoms with Gasteiger partial charge in [0.2, 0.25) is 5.91 Å². The molecule has 2 aliphatic heterocycles. The minimum Gasteiger partial charge on any atom is -0.370 e. The van der Waals surface area contributed by atoms with E-state index >= 15 is 0 Å². The molecule has 2 saturated heterocycles. The van der Waals surface area contributed by atoms with Crippen LogP contribution in [0.2, 0.25) is 0 Å². The molecule has 2 aliphatic rings. The van der Waals surface area contributed by atoms with Crippen LogP contribution in [0.1, 0.15) is 30.9 Å². The van der Waals surface area contributed by atoms with Gasteiger partial charge in [-0.1, -0.05) is 18.2 Å². The fourth-order valence-corrected chi connectivity index (χ4v) is 3.78. The van der Waals surface area contributed by atoms with E-state index in [9.17, 15) is 18.0 Å². The van der Waals surface area contributed by atoms with Crippen molar-refractivity contribution in [3.63, 3.8) is 0 Å². The number of ether oxygens (including phenoxy) is 1. The third-order valence-corrected chi connectivity index (χ3v) is 4.97. The van der Waals surface area contributed by atoms with Gasteiger partial charge in [0.05, 0.1) is 24.3 Å². The Morgan fingerprint density at radius 3 is 2.80 bits per heavy atom. The van der Waals surface area contributed by atoms with Crippen LogP contribution in [0.3, 0.4) is 0 Å². The first kappa shape index (κ1) is 18.2. The highest BCUT2D eigenvalue weighted by molar-refractivity contribution is 5.73. The van der Waals surface area contributed by atoms with Crippen LogP contribution in [0, 0.1) is 0 Å². The van der Waals surface area contributed by atoms with Crippen LogP contribution in [-0.4, -0.2) is 54.1 Å². The van der Waals surface area contributed by atoms with E-state index in [1.165, 1.54) is 12.1 Å². The Bertz CT molecular complexity index is 631. The maximum atomic E-state index is 12.9. The number of likely N-dealkylation sites (tertiary alicyclic amines) is 1. The van der Waals surface area contributed by atoms with Gasteiger partial charge in [0.25, 0.3) is 0 Å². The van der Waals surface area contributed by atoms with E-state index in [4.69, 9.17) is 4.74 Å². The largest absolute Gasteiger partial charge is 0.416 e. The Hall–Kier alpha value is -1.60. The van der Waals surface area contributed by atoms with E-state index in [1.807, 2.05) is 0 Å². The van der Waals surface area contributed by atoms with Gasteiger partial charge in [0, 0.05) is 33.1 Å². The lowest BCUT2D eigenvalue weighted by Gasteiger charge is -2.48. The molecule has 0 unspecified atom stereocenters. The molecule has 2 heterocycles. The fourth-order valence-electron chi connectivity index (χ4n) is 3.78. The van der Waals surface area contributed by atoms with Crippen molar-refractivity contribution in [3.8, 4) is 0 Å². The highest BCUT2D eigenvalue weighted by Gasteiger charge is 2.41. The van der Waals surface area contributed by atoms with E-state index in [0.717, 1.165) is 25.5 Å². The zero-order valence-electron chi connectivity index (χ0n) is 14.3. The molecule has 7 heteroatoms. The smallest absolute Gasteiger partial charge is 0.370 e. The van der Waals surface area contributed by atoms with E-state index in [2.05, 4.69) is 4.90 Å². The molecular weight excluding hydrogens is 333 g/mol. The molecule has 1 aromatic rings. The molecule has 0 N–H and O–H groups in total. The van der Waals surface area contributed by atoms with Crippen LogP contribution in [-0.2, 0) is 22.3 Å². The van der Waals surface area contributed by atoms with Crippen molar-refractivity contribution in [2.24, 2.45) is 0 Å². The van der Waals surface area contributed by atoms with E-state index in [-0.39, 0.29) is 5.91 Å². The highest BCUT2D eigenvalue weighted by Crippen LogP contribution is 2.32. The van der Waals surface area contributed by atoms with E-state index < -0.39 is 17.3 Å². The second-order valence-corrected chi connectivity index (χ2v) is 6.98. The van der Waals surface area contributed by atoms with Crippen LogP contribution >= 0.6 is 0 Å². The zero-order chi connectivity index (χ0) is 18.1. The third kappa shape index (κ3) is 4.33. The summed E-state index contributed by atoms with van der Waals surface area (Å²) in [7, 11) is 0. The van der Waals surface area contributed by atoms with Crippen molar-refractivity contribution in [2.45, 2.75) is 38.1 Å². The summed E-state index contributed by atoms with van der Waals surface area (Å²) in [5.74, 6) is 0.0395. The second-order valence-electron chi connectivity index (χ2n) is 6.98. The molecule has 138 valence electrons. The number of alkyl halides is 3. The van der Waals surface area contributed by atoms with Crippen LogP contribution in [0.4, 0.5) is 13.2 Å². The van der Waals surface area contributed by atoms with Gasteiger partial charge in [-0.15, -0.1) is 0 Å². The fraction of sp³-hybridized carbons (Fsp3) is 0.611. The molecule has 25 heavy (non-hydrogen) atoms. The topological polar surface area (TPSA) is 32.8 Å². The summed E-state index contributed by atoms with van der Waals surface area (Å²) in [6.45, 7) is 5.16. The number of amides is 1. The van der Waals surface area contributed by atoms with Gasteiger partial charge in [0.1, 0.15) is 0 Å². The Morgan fingerprint density at radius 2 is 2.08 bits per heavy atom. The Labute approximate surface area is 145 Å². The monoisotopic (exact) mass is 356 g/mol. The van der Waals surface area contributed by atoms with Crippen molar-refractivity contribution in [2.75, 3.05) is 32.8 Å². The van der Waals surface area contributed by atoms with Gasteiger partial charge in [-0.25, -0.2) is 0 Å². The minimum atomic E-state index is -4.33. The van der Waals surface area contributed by atoms with Crippen molar-refractivity contribution in [3.05, 3.63) is 35.4 Å². The van der Waals surface area contributed by atoms with Crippen molar-refractivity contribution >= 4 is 5.91 Å². The first-order valence-corrected chi connectivity index (χ1v) is 8.55. The Kier molecular flexibility index (Phi) is 5.06. The average Bonchev–Trinajstić information content (AvgIpc) is 2.54. The van der Waals surface area contributed by atoms with Crippen molar-refractivity contribution in [1.29, 1.82) is 0 Å². The lowest BCUT2D eigenvalue weighted by atomic mass is 9.90. The molecule has 0 aromatic heterocycles. The van der Waals surface area contributed by atoms with Crippen molar-refractivity contribution < 1.29 is 22.7 Å². The number of benzene rings is 1. The molecule has 0 aliphatic carbocycles. The number of rotatable bonds is 2. The number of halogens is 3. The van der Waals surface area contributed by atoms with Crippen LogP contribution in [0.15, 0.2) is 24.3 Å². The zero-order valence-corrected chi connectivity index (χ0v) is 14.3. The van der Waals surface area contributed by atoms with E-state index in [0.29, 0.717) is 38.3 Å². The first-order valence-electron chi connectivity index (χ1n) is 8.55. The predicted molar refractivity (Wildman–Crippen MR) is 86.9 cm³/mol. The summed E-state index contributed by atoms with van der Waals surface area (Å²) in [5, 5.41) is 0. The molecule has 0 saturated carbocycles. The number of piperidine rings is 1. The predicted octanol–water partition coefficient (Wildman–Crippen LogP) is 2.92. The summed E-state index contributed by atoms with van der Waals surface area (Å²) in [6.07, 6.45) is -2.57. The summed E-state index contributed by atoms with van der Waals surface area (Å²) in [4.78, 5) is 15.6. The lowest BCUT2D eigenvalue weighted by molar-refractivity contribution is -0.156. The molecular formula is C18H23F3N2O2. The third-order valence-electron chi connectivity index (χ3n) is 4.97. The molecule has 1 spiro atoms. The summed E-state index contributed by atoms with van der Waals surface area (Å²) < 4.78 is 44.7. The number of hydrogen-bond donors (Lipinski definition) is 0. The maximum Gasteiger partial charge on any atom is 0.416 e. The molecule has 0 radical (unpaired) electrons. The summed E-state index contributed by atoms with van der Waals surface area (Å²) >= 11 is 0. The van der Waals surface area contributed by atoms with Gasteiger partial charge in [0.15, 0.2) is 0 Å². The minimum absolute atomic E-state index is 0.0395. The van der Waals surface area contributed by atoms with Gasteiger partial charge in [-0.2, -0.15) is 13.2 Å². The second kappa shape index (κ2) is 6.96. The number of hydrogen-bond acceptors (Lipinski definition) is 3. The molecule has 1 atom stereocenters. The van der Waals surface area contributed by atoms with Crippen LogP contribution < -0.4 is 0 Å². The van der Waals surface area contributed by atoms with E-state index in [1.54, 1.807) is 17.9 Å². The normalized spacial score (nSPS) is 25.4. The van der Waals surface area contributed by atoms with Gasteiger partial charge >= 0.3 is 6.18 Å². The molecule has 0 bridgehead atoms. The van der Waals surface area contributed by atoms with Gasteiger partial charge < -0.3 is 9.64 Å². The highest BCUT2D eigenvalue weighted by atomic mass is 19.4. The molecule has 1 aromatic carbocycles. The first-order chi connectivity index (χ1) is 11.8. The maximum absolute atomic E-state index is 12.9. The van der Waals surface area contributed by atoms with Gasteiger partial charge in [-0.3, -0.25) is 9.69 Å². The van der Waals surface area contributed by atoms with Crippen molar-refractivity contribution in [1.82, 2.24) is 9.80 Å². The van der Waals surface area contributed by atoms with Crippen LogP contribution in [0.25, 0.3) is 0 Å². The Morgan fingerprint density at radius 1 is 1.28 bits per heavy atom. The molecule has 2 fully saturated rings. The van der Waals surface area contributed by atoms with Crippen LogP contribution in [0.5, 0.6) is 0 Å². The quantitative estimate of drug-likeness (QED) is 0.817.